The van der Waals surface area contributed by atoms with Crippen LogP contribution in [0.1, 0.15) is 77.8 Å². The Hall–Kier alpha value is -4.20. The molecule has 0 aliphatic rings. The molecule has 0 saturated heterocycles. The fourth-order valence-corrected chi connectivity index (χ4v) is 4.18. The molecular formula is C31H38N4O4. The number of amides is 3. The van der Waals surface area contributed by atoms with Crippen molar-refractivity contribution in [3.63, 3.8) is 0 Å². The number of carbonyl (C=O) groups excluding carboxylic acids is 3. The lowest BCUT2D eigenvalue weighted by Gasteiger charge is -2.24. The lowest BCUT2D eigenvalue weighted by atomic mass is 9.92. The molecule has 0 radical (unpaired) electrons. The summed E-state index contributed by atoms with van der Waals surface area (Å²) >= 11 is 0. The molecular weight excluding hydrogens is 492 g/mol. The molecule has 0 aliphatic heterocycles. The van der Waals surface area contributed by atoms with E-state index in [0.29, 0.717) is 23.7 Å². The van der Waals surface area contributed by atoms with Crippen molar-refractivity contribution in [2.75, 3.05) is 5.32 Å². The lowest BCUT2D eigenvalue weighted by Crippen LogP contribution is -2.40. The first kappa shape index (κ1) is 29.4. The molecule has 0 aliphatic carbocycles. The third kappa shape index (κ3) is 7.89. The van der Waals surface area contributed by atoms with E-state index in [4.69, 9.17) is 15.5 Å². The first-order valence-corrected chi connectivity index (χ1v) is 13.0. The smallest absolute Gasteiger partial charge is 0.407 e. The zero-order chi connectivity index (χ0) is 28.9. The van der Waals surface area contributed by atoms with Crippen LogP contribution in [0.15, 0.2) is 48.5 Å². The van der Waals surface area contributed by atoms with Crippen LogP contribution in [0.2, 0.25) is 0 Å². The Morgan fingerprint density at radius 3 is 2.23 bits per heavy atom. The fraction of sp³-hybridized carbons (Fsp3) is 0.355. The third-order valence-electron chi connectivity index (χ3n) is 5.98. The maximum absolute atomic E-state index is 13.4. The highest BCUT2D eigenvalue weighted by Gasteiger charge is 2.24. The molecule has 4 N–H and O–H groups in total. The Labute approximate surface area is 230 Å². The first-order valence-electron chi connectivity index (χ1n) is 13.0. The Bertz CT molecular complexity index is 1370. The number of nitrogens with zero attached hydrogens (tertiary/aromatic N) is 1. The summed E-state index contributed by atoms with van der Waals surface area (Å²) in [7, 11) is 0. The third-order valence-corrected chi connectivity index (χ3v) is 5.98. The van der Waals surface area contributed by atoms with E-state index in [9.17, 15) is 14.4 Å². The molecule has 0 bridgehead atoms. The largest absolute Gasteiger partial charge is 0.445 e. The molecule has 0 fully saturated rings. The minimum absolute atomic E-state index is 0.0273. The van der Waals surface area contributed by atoms with Gasteiger partial charge >= 0.3 is 6.09 Å². The van der Waals surface area contributed by atoms with Crippen LogP contribution in [0.3, 0.4) is 0 Å². The van der Waals surface area contributed by atoms with Crippen molar-refractivity contribution < 1.29 is 19.1 Å². The monoisotopic (exact) mass is 530 g/mol. The average molecular weight is 531 g/mol. The Morgan fingerprint density at radius 1 is 1.00 bits per heavy atom. The van der Waals surface area contributed by atoms with Gasteiger partial charge in [0.05, 0.1) is 11.4 Å². The number of benzene rings is 2. The number of carbonyl (C=O) groups is 3. The van der Waals surface area contributed by atoms with Gasteiger partial charge in [0.15, 0.2) is 0 Å². The van der Waals surface area contributed by atoms with Gasteiger partial charge in [0.2, 0.25) is 5.91 Å². The number of aryl methyl sites for hydroxylation is 2. The van der Waals surface area contributed by atoms with Gasteiger partial charge in [-0.15, -0.1) is 0 Å². The van der Waals surface area contributed by atoms with E-state index in [1.807, 2.05) is 58.9 Å². The normalized spacial score (nSPS) is 11.3. The highest BCUT2D eigenvalue weighted by molar-refractivity contribution is 6.08. The molecule has 3 aromatic rings. The molecule has 8 nitrogen and oxygen atoms in total. The second-order valence-electron chi connectivity index (χ2n) is 11.2. The summed E-state index contributed by atoms with van der Waals surface area (Å²) in [6, 6.07) is 14.2. The average Bonchev–Trinajstić information content (AvgIpc) is 2.84. The minimum atomic E-state index is -0.617. The van der Waals surface area contributed by atoms with Crippen molar-refractivity contribution in [2.45, 2.75) is 67.0 Å². The van der Waals surface area contributed by atoms with Crippen LogP contribution >= 0.6 is 0 Å². The summed E-state index contributed by atoms with van der Waals surface area (Å²) in [5.41, 5.74) is 10.8. The van der Waals surface area contributed by atoms with Crippen molar-refractivity contribution in [1.82, 2.24) is 10.3 Å². The quantitative estimate of drug-likeness (QED) is 0.333. The molecule has 3 amide bonds. The minimum Gasteiger partial charge on any atom is -0.445 e. The maximum Gasteiger partial charge on any atom is 0.407 e. The van der Waals surface area contributed by atoms with Crippen LogP contribution < -0.4 is 16.4 Å². The Kier molecular flexibility index (Phi) is 9.11. The number of primary amides is 1. The highest BCUT2D eigenvalue weighted by Crippen LogP contribution is 2.37. The summed E-state index contributed by atoms with van der Waals surface area (Å²) in [6.07, 6.45) is 0.121. The molecule has 3 rings (SSSR count). The zero-order valence-corrected chi connectivity index (χ0v) is 23.8. The molecule has 0 unspecified atom stereocenters. The number of aromatic nitrogens is 1. The summed E-state index contributed by atoms with van der Waals surface area (Å²) < 4.78 is 5.68. The SMILES string of the molecule is Cc1ccc(-c2c(COC(=O)NC(C)(C)C)c(CC(C)C)nc(C)c2NC(=O)c2cccc(C(N)=O)c2)cc1. The van der Waals surface area contributed by atoms with Gasteiger partial charge in [0, 0.05) is 33.5 Å². The number of rotatable bonds is 8. The summed E-state index contributed by atoms with van der Waals surface area (Å²) in [4.78, 5) is 42.5. The molecule has 0 saturated carbocycles. The number of ether oxygens (including phenoxy) is 1. The number of hydrogen-bond donors (Lipinski definition) is 3. The second kappa shape index (κ2) is 12.1. The predicted molar refractivity (Wildman–Crippen MR) is 154 cm³/mol. The summed E-state index contributed by atoms with van der Waals surface area (Å²) in [6.45, 7) is 13.6. The van der Waals surface area contributed by atoms with Gasteiger partial charge in [-0.25, -0.2) is 4.79 Å². The molecule has 0 spiro atoms. The number of hydrogen-bond acceptors (Lipinski definition) is 5. The van der Waals surface area contributed by atoms with Crippen LogP contribution in [0.4, 0.5) is 10.5 Å². The van der Waals surface area contributed by atoms with E-state index in [0.717, 1.165) is 27.9 Å². The Morgan fingerprint density at radius 2 is 1.64 bits per heavy atom. The molecule has 8 heteroatoms. The second-order valence-corrected chi connectivity index (χ2v) is 11.2. The van der Waals surface area contributed by atoms with Crippen LogP contribution in [0.5, 0.6) is 0 Å². The van der Waals surface area contributed by atoms with Gasteiger partial charge in [0.25, 0.3) is 5.91 Å². The van der Waals surface area contributed by atoms with E-state index in [2.05, 4.69) is 24.5 Å². The number of anilines is 1. The van der Waals surface area contributed by atoms with Crippen LogP contribution in [0.25, 0.3) is 11.1 Å². The van der Waals surface area contributed by atoms with E-state index in [1.165, 1.54) is 6.07 Å². The number of nitrogens with one attached hydrogen (secondary N) is 2. The van der Waals surface area contributed by atoms with Gasteiger partial charge < -0.3 is 21.1 Å². The van der Waals surface area contributed by atoms with Crippen LogP contribution in [-0.4, -0.2) is 28.4 Å². The van der Waals surface area contributed by atoms with Gasteiger partial charge in [-0.2, -0.15) is 0 Å². The molecule has 39 heavy (non-hydrogen) atoms. The van der Waals surface area contributed by atoms with E-state index in [1.54, 1.807) is 18.2 Å². The molecule has 2 aromatic carbocycles. The van der Waals surface area contributed by atoms with Crippen LogP contribution in [-0.2, 0) is 17.8 Å². The number of nitrogens with two attached hydrogens (primary N) is 1. The van der Waals surface area contributed by atoms with Crippen molar-refractivity contribution in [2.24, 2.45) is 11.7 Å². The van der Waals surface area contributed by atoms with Crippen LogP contribution in [0, 0.1) is 19.8 Å². The standard InChI is InChI=1S/C31H38N4O4/c1-18(2)15-25-24(17-39-30(38)35-31(5,6)7)26(21-13-11-19(3)12-14-21)27(20(4)33-25)34-29(37)23-10-8-9-22(16-23)28(32)36/h8-14,16,18H,15,17H2,1-7H3,(H2,32,36)(H,34,37)(H,35,38). The van der Waals surface area contributed by atoms with Crippen molar-refractivity contribution >= 4 is 23.6 Å². The fourth-order valence-electron chi connectivity index (χ4n) is 4.18. The van der Waals surface area contributed by atoms with Crippen molar-refractivity contribution in [3.8, 4) is 11.1 Å². The van der Waals surface area contributed by atoms with E-state index >= 15 is 0 Å². The van der Waals surface area contributed by atoms with Gasteiger partial charge in [0.1, 0.15) is 6.61 Å². The molecule has 1 heterocycles. The van der Waals surface area contributed by atoms with E-state index in [-0.39, 0.29) is 17.7 Å². The van der Waals surface area contributed by atoms with E-state index < -0.39 is 23.4 Å². The first-order chi connectivity index (χ1) is 18.2. The summed E-state index contributed by atoms with van der Waals surface area (Å²) in [5, 5.41) is 5.83. The maximum atomic E-state index is 13.4. The zero-order valence-electron chi connectivity index (χ0n) is 23.8. The molecule has 1 aromatic heterocycles. The molecule has 206 valence electrons. The highest BCUT2D eigenvalue weighted by atomic mass is 16.5. The number of alkyl carbamates (subject to hydrolysis) is 1. The van der Waals surface area contributed by atoms with Crippen molar-refractivity contribution in [3.05, 3.63) is 82.2 Å². The van der Waals surface area contributed by atoms with Crippen molar-refractivity contribution in [1.29, 1.82) is 0 Å². The molecule has 0 atom stereocenters. The Balaban J connectivity index is 2.16. The lowest BCUT2D eigenvalue weighted by molar-refractivity contribution is 0.1000. The van der Waals surface area contributed by atoms with Gasteiger partial charge in [-0.3, -0.25) is 14.6 Å². The van der Waals surface area contributed by atoms with Gasteiger partial charge in [-0.05, 0) is 70.7 Å². The number of pyridine rings is 1. The predicted octanol–water partition coefficient (Wildman–Crippen LogP) is 5.94. The summed E-state index contributed by atoms with van der Waals surface area (Å²) in [5.74, 6) is -0.735. The van der Waals surface area contributed by atoms with Gasteiger partial charge in [-0.1, -0.05) is 49.7 Å². The topological polar surface area (TPSA) is 123 Å².